The molecule has 0 radical (unpaired) electrons. The van der Waals surface area contributed by atoms with Gasteiger partial charge in [0.1, 0.15) is 5.76 Å². The molecule has 0 aliphatic carbocycles. The number of hydrogen-bond donors (Lipinski definition) is 1. The van der Waals surface area contributed by atoms with Gasteiger partial charge in [0.05, 0.1) is 11.6 Å². The van der Waals surface area contributed by atoms with E-state index in [0.29, 0.717) is 11.1 Å². The minimum Gasteiger partial charge on any atom is -0.550 e. The Labute approximate surface area is 174 Å². The largest absolute Gasteiger partial charge is 0.550 e. The average Bonchev–Trinajstić information content (AvgIpc) is 2.98. The Morgan fingerprint density at radius 3 is 2.27 bits per heavy atom. The lowest BCUT2D eigenvalue weighted by molar-refractivity contribution is -0.305. The van der Waals surface area contributed by atoms with Crippen molar-refractivity contribution in [1.82, 2.24) is 4.90 Å². The van der Waals surface area contributed by atoms with Gasteiger partial charge in [0, 0.05) is 37.9 Å². The lowest BCUT2D eigenvalue weighted by Crippen LogP contribution is -2.32. The molecule has 0 unspecified atom stereocenters. The monoisotopic (exact) mass is 407 g/mol. The maximum Gasteiger partial charge on any atom is 0.295 e. The smallest absolute Gasteiger partial charge is 0.295 e. The van der Waals surface area contributed by atoms with Crippen LogP contribution in [0.1, 0.15) is 30.0 Å². The van der Waals surface area contributed by atoms with Crippen molar-refractivity contribution in [3.05, 3.63) is 71.3 Å². The summed E-state index contributed by atoms with van der Waals surface area (Å²) in [7, 11) is 3.80. The average molecular weight is 407 g/mol. The van der Waals surface area contributed by atoms with Gasteiger partial charge in [-0.1, -0.05) is 42.5 Å². The molecule has 3 rings (SSSR count). The van der Waals surface area contributed by atoms with Crippen LogP contribution < -0.4 is 10.0 Å². The summed E-state index contributed by atoms with van der Waals surface area (Å²) < 4.78 is 0. The second-order valence-electron chi connectivity index (χ2n) is 7.32. The van der Waals surface area contributed by atoms with Crippen LogP contribution in [0, 0.1) is 0 Å². The van der Waals surface area contributed by atoms with Gasteiger partial charge in [0.25, 0.3) is 11.7 Å². The number of ketones is 1. The molecule has 7 heteroatoms. The highest BCUT2D eigenvalue weighted by molar-refractivity contribution is 6.46. The summed E-state index contributed by atoms with van der Waals surface area (Å²) >= 11 is 0. The Bertz CT molecular complexity index is 980. The summed E-state index contributed by atoms with van der Waals surface area (Å²) in [4.78, 5) is 39.6. The summed E-state index contributed by atoms with van der Waals surface area (Å²) in [5.74, 6) is -3.01. The molecular weight excluding hydrogens is 384 g/mol. The molecule has 0 spiro atoms. The lowest BCUT2D eigenvalue weighted by atomic mass is 9.95. The number of hydrogen-bond acceptors (Lipinski definition) is 6. The number of aliphatic hydroxyl groups excluding tert-OH is 1. The van der Waals surface area contributed by atoms with Gasteiger partial charge >= 0.3 is 0 Å². The second-order valence-corrected chi connectivity index (χ2v) is 7.32. The maximum atomic E-state index is 12.8. The van der Waals surface area contributed by atoms with E-state index >= 15 is 0 Å². The molecule has 1 amide bonds. The van der Waals surface area contributed by atoms with Gasteiger partial charge in [-0.15, -0.1) is 0 Å². The highest BCUT2D eigenvalue weighted by atomic mass is 16.4. The van der Waals surface area contributed by atoms with Gasteiger partial charge in [0.2, 0.25) is 0 Å². The first kappa shape index (κ1) is 21.1. The van der Waals surface area contributed by atoms with Crippen LogP contribution in [0.2, 0.25) is 0 Å². The van der Waals surface area contributed by atoms with E-state index in [0.717, 1.165) is 5.69 Å². The molecule has 2 aromatic carbocycles. The number of carboxylic acid groups (broad SMARTS) is 1. The Kier molecular flexibility index (Phi) is 6.20. The molecule has 2 aromatic rings. The van der Waals surface area contributed by atoms with E-state index in [1.165, 1.54) is 4.90 Å². The van der Waals surface area contributed by atoms with Crippen molar-refractivity contribution in [3.8, 4) is 0 Å². The maximum absolute atomic E-state index is 12.8. The highest BCUT2D eigenvalue weighted by Crippen LogP contribution is 2.39. The zero-order valence-corrected chi connectivity index (χ0v) is 16.9. The number of aliphatic carboxylic acids is 1. The van der Waals surface area contributed by atoms with E-state index in [1.807, 2.05) is 31.1 Å². The number of aliphatic hydroxyl groups is 1. The van der Waals surface area contributed by atoms with Crippen molar-refractivity contribution in [3.63, 3.8) is 0 Å². The normalized spacial score (nSPS) is 17.9. The zero-order chi connectivity index (χ0) is 21.8. The van der Waals surface area contributed by atoms with Crippen LogP contribution in [-0.4, -0.2) is 48.3 Å². The van der Waals surface area contributed by atoms with E-state index in [-0.39, 0.29) is 30.7 Å². The standard InChI is InChI=1S/C23H24N2O5/c1-24(2)17-12-10-15(11-13-17)20-19(21(28)16-7-4-3-5-8-16)22(29)23(30)25(20)14-6-9-18(26)27/h3-5,7-8,10-13,20,28H,6,9,14H2,1-2H3,(H,26,27)/p-1/t20-/m1/s1. The zero-order valence-electron chi connectivity index (χ0n) is 16.9. The van der Waals surface area contributed by atoms with Crippen molar-refractivity contribution in [2.45, 2.75) is 18.9 Å². The Morgan fingerprint density at radius 1 is 1.07 bits per heavy atom. The third-order valence-corrected chi connectivity index (χ3v) is 5.09. The van der Waals surface area contributed by atoms with E-state index in [9.17, 15) is 24.6 Å². The molecule has 1 aliphatic heterocycles. The number of rotatable bonds is 7. The Hall–Kier alpha value is -3.61. The predicted molar refractivity (Wildman–Crippen MR) is 110 cm³/mol. The SMILES string of the molecule is CN(C)c1ccc([C@@H]2C(=C(O)c3ccccc3)C(=O)C(=O)N2CCCC(=O)[O-])cc1. The summed E-state index contributed by atoms with van der Waals surface area (Å²) in [6.07, 6.45) is -0.0824. The van der Waals surface area contributed by atoms with Gasteiger partial charge < -0.3 is 24.8 Å². The third kappa shape index (κ3) is 4.20. The van der Waals surface area contributed by atoms with Crippen molar-refractivity contribution in [2.24, 2.45) is 0 Å². The number of carbonyl (C=O) groups is 3. The third-order valence-electron chi connectivity index (χ3n) is 5.09. The van der Waals surface area contributed by atoms with Crippen molar-refractivity contribution < 1.29 is 24.6 Å². The van der Waals surface area contributed by atoms with E-state index in [2.05, 4.69) is 0 Å². The molecule has 0 saturated carbocycles. The summed E-state index contributed by atoms with van der Waals surface area (Å²) in [6, 6.07) is 15.1. The number of carbonyl (C=O) groups excluding carboxylic acids is 3. The van der Waals surface area contributed by atoms with E-state index < -0.39 is 23.7 Å². The minimum absolute atomic E-state index is 0.00254. The molecular formula is C23H23N2O5-. The molecule has 1 saturated heterocycles. The number of likely N-dealkylation sites (tertiary alicyclic amines) is 1. The number of benzene rings is 2. The fraction of sp³-hybridized carbons (Fsp3) is 0.261. The molecule has 1 N–H and O–H groups in total. The first-order chi connectivity index (χ1) is 14.3. The Balaban J connectivity index is 2.08. The van der Waals surface area contributed by atoms with Crippen LogP contribution in [-0.2, 0) is 14.4 Å². The fourth-order valence-electron chi connectivity index (χ4n) is 3.56. The minimum atomic E-state index is -1.22. The Morgan fingerprint density at radius 2 is 1.70 bits per heavy atom. The molecule has 1 aliphatic rings. The van der Waals surface area contributed by atoms with E-state index in [1.54, 1.807) is 42.5 Å². The summed E-state index contributed by atoms with van der Waals surface area (Å²) in [5, 5.41) is 21.7. The predicted octanol–water partition coefficient (Wildman–Crippen LogP) is 1.70. The quantitative estimate of drug-likeness (QED) is 0.426. The van der Waals surface area contributed by atoms with Crippen LogP contribution >= 0.6 is 0 Å². The lowest BCUT2D eigenvalue weighted by Gasteiger charge is -2.26. The van der Waals surface area contributed by atoms with Crippen molar-refractivity contribution in [2.75, 3.05) is 25.5 Å². The molecule has 1 atom stereocenters. The molecule has 1 fully saturated rings. The van der Waals surface area contributed by atoms with Gasteiger partial charge in [0.15, 0.2) is 0 Å². The molecule has 1 heterocycles. The van der Waals surface area contributed by atoms with Crippen LogP contribution in [0.25, 0.3) is 5.76 Å². The van der Waals surface area contributed by atoms with Crippen LogP contribution in [0.15, 0.2) is 60.2 Å². The van der Waals surface area contributed by atoms with Gasteiger partial charge in [-0.25, -0.2) is 0 Å². The first-order valence-electron chi connectivity index (χ1n) is 9.62. The topological polar surface area (TPSA) is 101 Å². The second kappa shape index (κ2) is 8.82. The highest BCUT2D eigenvalue weighted by Gasteiger charge is 2.45. The first-order valence-corrected chi connectivity index (χ1v) is 9.62. The van der Waals surface area contributed by atoms with Crippen LogP contribution in [0.3, 0.4) is 0 Å². The number of anilines is 1. The van der Waals surface area contributed by atoms with E-state index in [4.69, 9.17) is 0 Å². The molecule has 7 nitrogen and oxygen atoms in total. The number of Topliss-reactive ketones (excluding diaryl/α,β-unsaturated/α-hetero) is 1. The number of nitrogens with zero attached hydrogens (tertiary/aromatic N) is 2. The molecule has 30 heavy (non-hydrogen) atoms. The van der Waals surface area contributed by atoms with Crippen molar-refractivity contribution >= 4 is 29.1 Å². The van der Waals surface area contributed by atoms with Crippen molar-refractivity contribution in [1.29, 1.82) is 0 Å². The van der Waals surface area contributed by atoms with Gasteiger partial charge in [-0.3, -0.25) is 9.59 Å². The molecule has 156 valence electrons. The number of amides is 1. The fourth-order valence-corrected chi connectivity index (χ4v) is 3.56. The number of carboxylic acids is 1. The molecule has 0 aromatic heterocycles. The van der Waals surface area contributed by atoms with Crippen LogP contribution in [0.4, 0.5) is 5.69 Å². The molecule has 0 bridgehead atoms. The van der Waals surface area contributed by atoms with Gasteiger partial charge in [-0.2, -0.15) is 0 Å². The summed E-state index contributed by atoms with van der Waals surface area (Å²) in [6.45, 7) is 0.0597. The summed E-state index contributed by atoms with van der Waals surface area (Å²) in [5.41, 5.74) is 2.03. The van der Waals surface area contributed by atoms with Gasteiger partial charge in [-0.05, 0) is 30.5 Å². The van der Waals surface area contributed by atoms with Crippen LogP contribution in [0.5, 0.6) is 0 Å².